The molecule has 17 heavy (non-hydrogen) atoms. The molecule has 1 heterocycles. The second kappa shape index (κ2) is 5.62. The van der Waals surface area contributed by atoms with Gasteiger partial charge in [-0.2, -0.15) is 0 Å². The van der Waals surface area contributed by atoms with Gasteiger partial charge in [-0.25, -0.2) is 0 Å². The summed E-state index contributed by atoms with van der Waals surface area (Å²) in [4.78, 5) is 15.8. The van der Waals surface area contributed by atoms with E-state index in [9.17, 15) is 4.79 Å². The summed E-state index contributed by atoms with van der Waals surface area (Å²) in [6.45, 7) is 2.00. The van der Waals surface area contributed by atoms with Crippen molar-refractivity contribution in [3.63, 3.8) is 0 Å². The minimum absolute atomic E-state index is 0.0517. The Hall–Kier alpha value is -1.64. The SMILES string of the molecule is C[C@H](NC(=O)C[C@@H]1C=CCC1)c1ccncc1. The Balaban J connectivity index is 1.84. The number of hydrogen-bond acceptors (Lipinski definition) is 2. The minimum atomic E-state index is 0.0517. The molecule has 0 bridgehead atoms. The Morgan fingerprint density at radius 3 is 2.94 bits per heavy atom. The molecule has 1 N–H and O–H groups in total. The van der Waals surface area contributed by atoms with Gasteiger partial charge >= 0.3 is 0 Å². The summed E-state index contributed by atoms with van der Waals surface area (Å²) in [6.07, 6.45) is 10.6. The maximum Gasteiger partial charge on any atom is 0.221 e. The van der Waals surface area contributed by atoms with Crippen LogP contribution < -0.4 is 5.32 Å². The lowest BCUT2D eigenvalue weighted by Gasteiger charge is -2.15. The Kier molecular flexibility index (Phi) is 3.91. The molecule has 0 unspecified atom stereocenters. The third-order valence-electron chi connectivity index (χ3n) is 3.14. The van der Waals surface area contributed by atoms with Gasteiger partial charge in [0.1, 0.15) is 0 Å². The van der Waals surface area contributed by atoms with Gasteiger partial charge in [0.05, 0.1) is 6.04 Å². The number of nitrogens with one attached hydrogen (secondary N) is 1. The second-order valence-electron chi connectivity index (χ2n) is 4.54. The second-order valence-corrected chi connectivity index (χ2v) is 4.54. The van der Waals surface area contributed by atoms with Gasteiger partial charge < -0.3 is 5.32 Å². The molecule has 2 rings (SSSR count). The molecule has 0 radical (unpaired) electrons. The number of rotatable bonds is 4. The van der Waals surface area contributed by atoms with Crippen LogP contribution in [-0.2, 0) is 4.79 Å². The lowest BCUT2D eigenvalue weighted by atomic mass is 10.0. The third kappa shape index (κ3) is 3.41. The molecule has 1 aromatic rings. The third-order valence-corrected chi connectivity index (χ3v) is 3.14. The molecule has 0 aromatic carbocycles. The van der Waals surface area contributed by atoms with E-state index in [2.05, 4.69) is 22.5 Å². The van der Waals surface area contributed by atoms with Crippen molar-refractivity contribution in [2.75, 3.05) is 0 Å². The number of amides is 1. The van der Waals surface area contributed by atoms with Gasteiger partial charge in [-0.15, -0.1) is 0 Å². The lowest BCUT2D eigenvalue weighted by molar-refractivity contribution is -0.122. The molecule has 1 aromatic heterocycles. The van der Waals surface area contributed by atoms with Crippen LogP contribution in [0.5, 0.6) is 0 Å². The minimum Gasteiger partial charge on any atom is -0.350 e. The van der Waals surface area contributed by atoms with E-state index in [4.69, 9.17) is 0 Å². The molecule has 0 aliphatic heterocycles. The quantitative estimate of drug-likeness (QED) is 0.808. The number of allylic oxidation sites excluding steroid dienone is 2. The van der Waals surface area contributed by atoms with Gasteiger partial charge in [-0.3, -0.25) is 9.78 Å². The smallest absolute Gasteiger partial charge is 0.221 e. The van der Waals surface area contributed by atoms with Crippen LogP contribution in [0.3, 0.4) is 0 Å². The van der Waals surface area contributed by atoms with Crippen LogP contribution in [-0.4, -0.2) is 10.9 Å². The normalized spacial score (nSPS) is 20.2. The summed E-state index contributed by atoms with van der Waals surface area (Å²) in [7, 11) is 0. The van der Waals surface area contributed by atoms with Gasteiger partial charge in [-0.05, 0) is 43.4 Å². The van der Waals surface area contributed by atoms with E-state index in [1.807, 2.05) is 19.1 Å². The van der Waals surface area contributed by atoms with Crippen molar-refractivity contribution in [2.45, 2.75) is 32.2 Å². The molecular formula is C14H18N2O. The molecule has 0 fully saturated rings. The van der Waals surface area contributed by atoms with Gasteiger partial charge in [0.2, 0.25) is 5.91 Å². The molecule has 1 aliphatic carbocycles. The molecule has 0 spiro atoms. The monoisotopic (exact) mass is 230 g/mol. The molecule has 0 saturated carbocycles. The first-order valence-electron chi connectivity index (χ1n) is 6.11. The highest BCUT2D eigenvalue weighted by atomic mass is 16.1. The summed E-state index contributed by atoms with van der Waals surface area (Å²) in [5.74, 6) is 0.561. The molecule has 90 valence electrons. The van der Waals surface area contributed by atoms with Crippen molar-refractivity contribution >= 4 is 5.91 Å². The molecule has 0 saturated heterocycles. The summed E-state index contributed by atoms with van der Waals surface area (Å²) in [5.41, 5.74) is 1.09. The van der Waals surface area contributed by atoms with Gasteiger partial charge in [0, 0.05) is 18.8 Å². The first-order chi connectivity index (χ1) is 8.25. The maximum atomic E-state index is 11.8. The predicted molar refractivity (Wildman–Crippen MR) is 67.3 cm³/mol. The topological polar surface area (TPSA) is 42.0 Å². The van der Waals surface area contributed by atoms with E-state index < -0.39 is 0 Å². The number of hydrogen-bond donors (Lipinski definition) is 1. The van der Waals surface area contributed by atoms with Gasteiger partial charge in [-0.1, -0.05) is 12.2 Å². The Morgan fingerprint density at radius 2 is 2.29 bits per heavy atom. The summed E-state index contributed by atoms with van der Waals surface area (Å²) >= 11 is 0. The Morgan fingerprint density at radius 1 is 1.53 bits per heavy atom. The van der Waals surface area contributed by atoms with Crippen LogP contribution in [0.2, 0.25) is 0 Å². The van der Waals surface area contributed by atoms with E-state index in [-0.39, 0.29) is 11.9 Å². The van der Waals surface area contributed by atoms with Crippen molar-refractivity contribution in [3.05, 3.63) is 42.2 Å². The van der Waals surface area contributed by atoms with Crippen molar-refractivity contribution in [1.29, 1.82) is 0 Å². The highest BCUT2D eigenvalue weighted by Crippen LogP contribution is 2.20. The van der Waals surface area contributed by atoms with Crippen LogP contribution >= 0.6 is 0 Å². The average Bonchev–Trinajstić information content (AvgIpc) is 2.82. The molecule has 1 aliphatic rings. The zero-order chi connectivity index (χ0) is 12.1. The van der Waals surface area contributed by atoms with Crippen molar-refractivity contribution in [2.24, 2.45) is 5.92 Å². The lowest BCUT2D eigenvalue weighted by Crippen LogP contribution is -2.27. The fourth-order valence-electron chi connectivity index (χ4n) is 2.14. The Bertz CT molecular complexity index is 400. The van der Waals surface area contributed by atoms with E-state index in [0.717, 1.165) is 18.4 Å². The standard InChI is InChI=1S/C14H18N2O/c1-11(13-6-8-15-9-7-13)16-14(17)10-12-4-2-3-5-12/h2,4,6-9,11-12H,3,5,10H2,1H3,(H,16,17)/t11-,12+/m0/s1. The highest BCUT2D eigenvalue weighted by molar-refractivity contribution is 5.76. The van der Waals surface area contributed by atoms with Crippen LogP contribution in [0.25, 0.3) is 0 Å². The number of carbonyl (C=O) groups excluding carboxylic acids is 1. The number of nitrogens with zero attached hydrogens (tertiary/aromatic N) is 1. The van der Waals surface area contributed by atoms with Crippen molar-refractivity contribution in [3.8, 4) is 0 Å². The maximum absolute atomic E-state index is 11.8. The average molecular weight is 230 g/mol. The zero-order valence-corrected chi connectivity index (χ0v) is 10.1. The van der Waals surface area contributed by atoms with Crippen LogP contribution in [0.1, 0.15) is 37.8 Å². The number of aromatic nitrogens is 1. The van der Waals surface area contributed by atoms with Gasteiger partial charge in [0.15, 0.2) is 0 Å². The highest BCUT2D eigenvalue weighted by Gasteiger charge is 2.15. The molecule has 3 heteroatoms. The van der Waals surface area contributed by atoms with Crippen LogP contribution in [0, 0.1) is 5.92 Å². The molecule has 3 nitrogen and oxygen atoms in total. The first kappa shape index (κ1) is 11.8. The fraction of sp³-hybridized carbons (Fsp3) is 0.429. The van der Waals surface area contributed by atoms with Crippen LogP contribution in [0.15, 0.2) is 36.7 Å². The summed E-state index contributed by atoms with van der Waals surface area (Å²) in [6, 6.07) is 3.91. The zero-order valence-electron chi connectivity index (χ0n) is 10.1. The Labute approximate surface area is 102 Å². The van der Waals surface area contributed by atoms with E-state index in [1.54, 1.807) is 12.4 Å². The number of pyridine rings is 1. The number of carbonyl (C=O) groups is 1. The predicted octanol–water partition coefficient (Wildman–Crippen LogP) is 2.62. The first-order valence-corrected chi connectivity index (χ1v) is 6.11. The summed E-state index contributed by atoms with van der Waals surface area (Å²) in [5, 5.41) is 3.02. The van der Waals surface area contributed by atoms with E-state index in [1.165, 1.54) is 0 Å². The van der Waals surface area contributed by atoms with Crippen molar-refractivity contribution < 1.29 is 4.79 Å². The van der Waals surface area contributed by atoms with E-state index >= 15 is 0 Å². The van der Waals surface area contributed by atoms with Crippen molar-refractivity contribution in [1.82, 2.24) is 10.3 Å². The van der Waals surface area contributed by atoms with Gasteiger partial charge in [0.25, 0.3) is 0 Å². The largest absolute Gasteiger partial charge is 0.350 e. The fourth-order valence-corrected chi connectivity index (χ4v) is 2.14. The molecule has 2 atom stereocenters. The summed E-state index contributed by atoms with van der Waals surface area (Å²) < 4.78 is 0. The molecular weight excluding hydrogens is 212 g/mol. The van der Waals surface area contributed by atoms with Crippen LogP contribution in [0.4, 0.5) is 0 Å². The molecule has 1 amide bonds. The van der Waals surface area contributed by atoms with E-state index in [0.29, 0.717) is 12.3 Å².